The minimum Gasteiger partial charge on any atom is -0.340 e. The Bertz CT molecular complexity index is 1270. The van der Waals surface area contributed by atoms with E-state index in [-0.39, 0.29) is 17.3 Å². The Labute approximate surface area is 181 Å². The average molecular weight is 439 g/mol. The van der Waals surface area contributed by atoms with Crippen LogP contribution < -0.4 is 10.2 Å². The number of nitrogens with zero attached hydrogens (tertiary/aromatic N) is 5. The first-order valence-corrected chi connectivity index (χ1v) is 10.3. The Morgan fingerprint density at radius 3 is 2.59 bits per heavy atom. The molecule has 164 valence electrons. The molecule has 1 fully saturated rings. The van der Waals surface area contributed by atoms with Gasteiger partial charge in [0.2, 0.25) is 11.9 Å². The van der Waals surface area contributed by atoms with Gasteiger partial charge in [0.1, 0.15) is 0 Å². The lowest BCUT2D eigenvalue weighted by atomic mass is 10.1. The van der Waals surface area contributed by atoms with Crippen molar-refractivity contribution in [3.05, 3.63) is 54.1 Å². The summed E-state index contributed by atoms with van der Waals surface area (Å²) in [6.45, 7) is 3.58. The quantitative estimate of drug-likeness (QED) is 0.465. The third-order valence-electron chi connectivity index (χ3n) is 5.50. The summed E-state index contributed by atoms with van der Waals surface area (Å²) in [7, 11) is 0. The second-order valence-electron chi connectivity index (χ2n) is 7.91. The van der Waals surface area contributed by atoms with Crippen LogP contribution in [-0.4, -0.2) is 38.2 Å². The highest BCUT2D eigenvalue weighted by Gasteiger charge is 2.34. The van der Waals surface area contributed by atoms with Crippen molar-refractivity contribution in [2.45, 2.75) is 19.5 Å². The summed E-state index contributed by atoms with van der Waals surface area (Å²) in [6, 6.07) is 12.8. The van der Waals surface area contributed by atoms with Crippen molar-refractivity contribution in [2.75, 3.05) is 23.3 Å². The number of H-pyrrole nitrogens is 1. The third kappa shape index (κ3) is 3.83. The van der Waals surface area contributed by atoms with Crippen molar-refractivity contribution in [3.63, 3.8) is 0 Å². The molecule has 4 aromatic rings. The van der Waals surface area contributed by atoms with Gasteiger partial charge in [0.05, 0.1) is 11.1 Å². The monoisotopic (exact) mass is 439 g/mol. The molecule has 0 radical (unpaired) electrons. The zero-order valence-electron chi connectivity index (χ0n) is 17.2. The molecule has 1 unspecified atom stereocenters. The summed E-state index contributed by atoms with van der Waals surface area (Å²) in [5, 5.41) is 11.1. The molecule has 2 aromatic carbocycles. The Hall–Kier alpha value is -3.69. The van der Waals surface area contributed by atoms with E-state index in [9.17, 15) is 13.2 Å². The smallest absolute Gasteiger partial charge is 0.340 e. The fraction of sp³-hybridized carbons (Fsp3) is 0.273. The summed E-state index contributed by atoms with van der Waals surface area (Å²) < 4.78 is 41.0. The zero-order valence-corrected chi connectivity index (χ0v) is 17.2. The molecule has 0 bridgehead atoms. The molecule has 1 aliphatic heterocycles. The van der Waals surface area contributed by atoms with Crippen LogP contribution in [0.25, 0.3) is 22.3 Å². The van der Waals surface area contributed by atoms with E-state index in [1.165, 1.54) is 12.1 Å². The first kappa shape index (κ1) is 20.2. The predicted octanol–water partition coefficient (Wildman–Crippen LogP) is 5.02. The van der Waals surface area contributed by atoms with E-state index in [1.807, 2.05) is 29.2 Å². The van der Waals surface area contributed by atoms with Crippen LogP contribution in [0.2, 0.25) is 0 Å². The number of para-hydroxylation sites is 1. The van der Waals surface area contributed by atoms with Gasteiger partial charge in [-0.15, -0.1) is 0 Å². The first-order valence-electron chi connectivity index (χ1n) is 10.3. The van der Waals surface area contributed by atoms with E-state index >= 15 is 0 Å². The number of nitrogens with one attached hydrogen (secondary N) is 2. The van der Waals surface area contributed by atoms with Gasteiger partial charge < -0.3 is 10.2 Å². The Kier molecular flexibility index (Phi) is 4.91. The number of halogens is 3. The lowest BCUT2D eigenvalue weighted by molar-refractivity contribution is -0.137. The standard InChI is InChI=1S/C22H20F3N7/c1-13-10-11-32(12-13)21-28-18(14-6-2-4-8-16(14)22(23,24)25)26-20(29-21)27-19-15-7-3-5-9-17(15)30-31-19/h2-9,13H,10-12H2,1H3,(H2,26,27,28,29,30,31). The van der Waals surface area contributed by atoms with Crippen LogP contribution in [0.15, 0.2) is 48.5 Å². The molecule has 32 heavy (non-hydrogen) atoms. The summed E-state index contributed by atoms with van der Waals surface area (Å²) >= 11 is 0. The molecule has 1 saturated heterocycles. The molecule has 7 nitrogen and oxygen atoms in total. The molecule has 0 aliphatic carbocycles. The number of alkyl halides is 3. The van der Waals surface area contributed by atoms with Gasteiger partial charge in [-0.2, -0.15) is 33.2 Å². The van der Waals surface area contributed by atoms with Crippen molar-refractivity contribution in [3.8, 4) is 11.4 Å². The fourth-order valence-electron chi connectivity index (χ4n) is 3.89. The van der Waals surface area contributed by atoms with Gasteiger partial charge in [-0.05, 0) is 30.5 Å². The van der Waals surface area contributed by atoms with Crippen LogP contribution >= 0.6 is 0 Å². The number of benzene rings is 2. The number of aromatic nitrogens is 5. The zero-order chi connectivity index (χ0) is 22.3. The van der Waals surface area contributed by atoms with Gasteiger partial charge in [-0.3, -0.25) is 5.10 Å². The molecular weight excluding hydrogens is 419 g/mol. The SMILES string of the molecule is CC1CCN(c2nc(Nc3n[nH]c4ccccc34)nc(-c3ccccc3C(F)(F)F)n2)C1. The van der Waals surface area contributed by atoms with Crippen LogP contribution in [0, 0.1) is 5.92 Å². The maximum absolute atomic E-state index is 13.7. The van der Waals surface area contributed by atoms with Gasteiger partial charge >= 0.3 is 6.18 Å². The van der Waals surface area contributed by atoms with Crippen molar-refractivity contribution in [1.29, 1.82) is 0 Å². The second kappa shape index (κ2) is 7.77. The molecular formula is C22H20F3N7. The first-order chi connectivity index (χ1) is 15.4. The van der Waals surface area contributed by atoms with Crippen molar-refractivity contribution >= 4 is 28.6 Å². The number of hydrogen-bond donors (Lipinski definition) is 2. The maximum Gasteiger partial charge on any atom is 0.417 e. The number of anilines is 3. The van der Waals surface area contributed by atoms with E-state index in [0.717, 1.165) is 36.5 Å². The van der Waals surface area contributed by atoms with Crippen LogP contribution in [0.3, 0.4) is 0 Å². The van der Waals surface area contributed by atoms with Crippen molar-refractivity contribution in [1.82, 2.24) is 25.1 Å². The van der Waals surface area contributed by atoms with Gasteiger partial charge in [0.15, 0.2) is 11.6 Å². The molecule has 10 heteroatoms. The van der Waals surface area contributed by atoms with Crippen molar-refractivity contribution < 1.29 is 13.2 Å². The number of rotatable bonds is 4. The molecule has 3 heterocycles. The summed E-state index contributed by atoms with van der Waals surface area (Å²) in [6.07, 6.45) is -3.57. The molecule has 2 aromatic heterocycles. The highest BCUT2D eigenvalue weighted by atomic mass is 19.4. The largest absolute Gasteiger partial charge is 0.417 e. The summed E-state index contributed by atoms with van der Waals surface area (Å²) in [4.78, 5) is 15.2. The molecule has 5 rings (SSSR count). The van der Waals surface area contributed by atoms with Crippen LogP contribution in [-0.2, 0) is 6.18 Å². The molecule has 0 amide bonds. The molecule has 0 saturated carbocycles. The van der Waals surface area contributed by atoms with E-state index in [4.69, 9.17) is 0 Å². The van der Waals surface area contributed by atoms with Gasteiger partial charge in [-0.1, -0.05) is 37.3 Å². The van der Waals surface area contributed by atoms with E-state index in [0.29, 0.717) is 17.7 Å². The minimum absolute atomic E-state index is 0.0372. The van der Waals surface area contributed by atoms with E-state index in [1.54, 1.807) is 6.07 Å². The van der Waals surface area contributed by atoms with Crippen molar-refractivity contribution in [2.24, 2.45) is 5.92 Å². The highest BCUT2D eigenvalue weighted by molar-refractivity contribution is 5.90. The van der Waals surface area contributed by atoms with Crippen LogP contribution in [0.1, 0.15) is 18.9 Å². The summed E-state index contributed by atoms with van der Waals surface area (Å²) in [5.74, 6) is 1.38. The number of fused-ring (bicyclic) bond motifs is 1. The topological polar surface area (TPSA) is 82.6 Å². The van der Waals surface area contributed by atoms with Crippen LogP contribution in [0.5, 0.6) is 0 Å². The van der Waals surface area contributed by atoms with Gasteiger partial charge in [0, 0.05) is 24.0 Å². The number of hydrogen-bond acceptors (Lipinski definition) is 6. The highest BCUT2D eigenvalue weighted by Crippen LogP contribution is 2.36. The van der Waals surface area contributed by atoms with Gasteiger partial charge in [0.25, 0.3) is 0 Å². The molecule has 2 N–H and O–H groups in total. The van der Waals surface area contributed by atoms with E-state index in [2.05, 4.69) is 37.4 Å². The van der Waals surface area contributed by atoms with E-state index < -0.39 is 11.7 Å². The number of aromatic amines is 1. The van der Waals surface area contributed by atoms with Crippen LogP contribution in [0.4, 0.5) is 30.9 Å². The lowest BCUT2D eigenvalue weighted by Gasteiger charge is -2.18. The minimum atomic E-state index is -4.53. The molecule has 1 atom stereocenters. The Morgan fingerprint density at radius 1 is 1.03 bits per heavy atom. The third-order valence-corrected chi connectivity index (χ3v) is 5.50. The molecule has 1 aliphatic rings. The second-order valence-corrected chi connectivity index (χ2v) is 7.91. The normalized spacial score (nSPS) is 16.6. The maximum atomic E-state index is 13.7. The summed E-state index contributed by atoms with van der Waals surface area (Å²) in [5.41, 5.74) is -0.0609. The molecule has 0 spiro atoms. The van der Waals surface area contributed by atoms with Gasteiger partial charge in [-0.25, -0.2) is 0 Å². The average Bonchev–Trinajstić information content (AvgIpc) is 3.39. The predicted molar refractivity (Wildman–Crippen MR) is 116 cm³/mol. The Morgan fingerprint density at radius 2 is 1.81 bits per heavy atom. The Balaban J connectivity index is 1.61. The lowest BCUT2D eigenvalue weighted by Crippen LogP contribution is -2.23. The fourth-order valence-corrected chi connectivity index (χ4v) is 3.89.